The lowest BCUT2D eigenvalue weighted by molar-refractivity contribution is -0.150. The number of fused-ring (bicyclic) bond motifs is 1. The summed E-state index contributed by atoms with van der Waals surface area (Å²) in [7, 11) is 0.327. The minimum atomic E-state index is -3.28. The Morgan fingerprint density at radius 3 is 2.61 bits per heavy atom. The van der Waals surface area contributed by atoms with E-state index in [4.69, 9.17) is 0 Å². The van der Waals surface area contributed by atoms with Gasteiger partial charge < -0.3 is 4.90 Å². The Morgan fingerprint density at radius 2 is 1.96 bits per heavy atom. The van der Waals surface area contributed by atoms with Crippen molar-refractivity contribution in [2.45, 2.75) is 45.2 Å². The first-order valence-corrected chi connectivity index (χ1v) is 11.8. The van der Waals surface area contributed by atoms with E-state index in [9.17, 15) is 13.2 Å². The number of aryl methyl sites for hydroxylation is 2. The van der Waals surface area contributed by atoms with Gasteiger partial charge >= 0.3 is 0 Å². The van der Waals surface area contributed by atoms with Gasteiger partial charge in [-0.3, -0.25) is 14.4 Å². The van der Waals surface area contributed by atoms with E-state index in [0.29, 0.717) is 19.4 Å². The molecule has 0 spiro atoms. The Kier molecular flexibility index (Phi) is 5.04. The van der Waals surface area contributed by atoms with Gasteiger partial charge in [-0.25, -0.2) is 12.7 Å². The van der Waals surface area contributed by atoms with Crippen LogP contribution >= 0.6 is 0 Å². The molecule has 4 heterocycles. The molecule has 0 unspecified atom stereocenters. The summed E-state index contributed by atoms with van der Waals surface area (Å²) in [5.41, 5.74) is 1.46. The summed E-state index contributed by atoms with van der Waals surface area (Å²) in [5.74, 6) is 0.209. The van der Waals surface area contributed by atoms with Crippen LogP contribution < -0.4 is 0 Å². The highest BCUT2D eigenvalue weighted by atomic mass is 32.2. The normalized spacial score (nSPS) is 31.1. The number of carbonyl (C=O) groups excluding carboxylic acids is 1. The topological polar surface area (TPSA) is 78.8 Å². The molecule has 4 rings (SSSR count). The van der Waals surface area contributed by atoms with Crippen molar-refractivity contribution in [1.29, 1.82) is 0 Å². The van der Waals surface area contributed by atoms with Crippen LogP contribution in [0.2, 0.25) is 0 Å². The lowest BCUT2D eigenvalue weighted by Crippen LogP contribution is -2.67. The van der Waals surface area contributed by atoms with Crippen LogP contribution in [-0.4, -0.2) is 83.2 Å². The van der Waals surface area contributed by atoms with Crippen LogP contribution in [0.25, 0.3) is 0 Å². The third-order valence-corrected chi connectivity index (χ3v) is 8.70. The second-order valence-electron chi connectivity index (χ2n) is 8.65. The molecule has 1 amide bonds. The summed E-state index contributed by atoms with van der Waals surface area (Å²) in [4.78, 5) is 17.9. The lowest BCUT2D eigenvalue weighted by Gasteiger charge is -2.53. The summed E-state index contributed by atoms with van der Waals surface area (Å²) < 4.78 is 28.4. The van der Waals surface area contributed by atoms with Crippen molar-refractivity contribution in [2.75, 3.05) is 39.0 Å². The van der Waals surface area contributed by atoms with E-state index in [1.54, 1.807) is 7.05 Å². The van der Waals surface area contributed by atoms with Crippen molar-refractivity contribution in [3.8, 4) is 0 Å². The van der Waals surface area contributed by atoms with Gasteiger partial charge in [0, 0.05) is 52.9 Å². The molecule has 2 atom stereocenters. The maximum atomic E-state index is 13.6. The van der Waals surface area contributed by atoms with Crippen LogP contribution in [0.1, 0.15) is 37.1 Å². The molecule has 0 aromatic carbocycles. The van der Waals surface area contributed by atoms with Crippen molar-refractivity contribution in [3.63, 3.8) is 0 Å². The van der Waals surface area contributed by atoms with E-state index in [2.05, 4.69) is 16.1 Å². The first-order valence-electron chi connectivity index (χ1n) is 10.2. The number of aromatic nitrogens is 2. The number of likely N-dealkylation sites (tertiary alicyclic amines) is 2. The van der Waals surface area contributed by atoms with Gasteiger partial charge in [0.05, 0.1) is 22.6 Å². The SMILES string of the molecule is Cc1cc(CN2CC[C@H]3N(C)S(=O)(=O)CC[C@]3(C(=O)N3CCCC3)C2)n(C)n1. The maximum Gasteiger partial charge on any atom is 0.231 e. The number of carbonyl (C=O) groups is 1. The monoisotopic (exact) mass is 409 g/mol. The van der Waals surface area contributed by atoms with Crippen LogP contribution in [0.4, 0.5) is 0 Å². The Labute approximate surface area is 167 Å². The highest BCUT2D eigenvalue weighted by Crippen LogP contribution is 2.44. The van der Waals surface area contributed by atoms with Crippen LogP contribution in [-0.2, 0) is 28.4 Å². The number of piperidine rings is 1. The Bertz CT molecular complexity index is 861. The van der Waals surface area contributed by atoms with Gasteiger partial charge in [0.1, 0.15) is 0 Å². The predicted molar refractivity (Wildman–Crippen MR) is 106 cm³/mol. The average molecular weight is 410 g/mol. The van der Waals surface area contributed by atoms with Crippen molar-refractivity contribution in [3.05, 3.63) is 17.5 Å². The molecule has 0 saturated carbocycles. The Hall–Kier alpha value is -1.45. The molecule has 1 aromatic heterocycles. The van der Waals surface area contributed by atoms with Crippen LogP contribution in [0.5, 0.6) is 0 Å². The van der Waals surface area contributed by atoms with Crippen LogP contribution in [0, 0.1) is 12.3 Å². The zero-order valence-corrected chi connectivity index (χ0v) is 17.9. The van der Waals surface area contributed by atoms with E-state index in [1.165, 1.54) is 4.31 Å². The lowest BCUT2D eigenvalue weighted by atomic mass is 9.71. The van der Waals surface area contributed by atoms with Gasteiger partial charge in [0.25, 0.3) is 0 Å². The predicted octanol–water partition coefficient (Wildman–Crippen LogP) is 0.577. The van der Waals surface area contributed by atoms with Gasteiger partial charge in [-0.05, 0) is 38.7 Å². The summed E-state index contributed by atoms with van der Waals surface area (Å²) in [6.07, 6.45) is 3.18. The Morgan fingerprint density at radius 1 is 1.25 bits per heavy atom. The standard InChI is InChI=1S/C19H31N5O3S/c1-15-12-16(21(2)20-15)13-23-10-6-17-19(14-23,7-11-28(26,27)22(17)3)18(25)24-8-4-5-9-24/h12,17H,4-11,13-14H2,1-3H3/t17-,19+/m1/s1. The molecule has 0 bridgehead atoms. The fourth-order valence-corrected chi connectivity index (χ4v) is 6.92. The van der Waals surface area contributed by atoms with Crippen molar-refractivity contribution >= 4 is 15.9 Å². The van der Waals surface area contributed by atoms with E-state index in [1.807, 2.05) is 23.6 Å². The number of nitrogens with zero attached hydrogens (tertiary/aromatic N) is 5. The third-order valence-electron chi connectivity index (χ3n) is 6.85. The second-order valence-corrected chi connectivity index (χ2v) is 10.8. The van der Waals surface area contributed by atoms with E-state index < -0.39 is 15.4 Å². The minimum Gasteiger partial charge on any atom is -0.342 e. The van der Waals surface area contributed by atoms with E-state index >= 15 is 0 Å². The highest BCUT2D eigenvalue weighted by Gasteiger charge is 2.57. The van der Waals surface area contributed by atoms with Gasteiger partial charge in [-0.2, -0.15) is 5.10 Å². The molecule has 156 valence electrons. The van der Waals surface area contributed by atoms with E-state index in [0.717, 1.165) is 50.4 Å². The molecule has 3 saturated heterocycles. The number of sulfonamides is 1. The molecular weight excluding hydrogens is 378 g/mol. The maximum absolute atomic E-state index is 13.6. The molecular formula is C19H31N5O3S. The zero-order chi connectivity index (χ0) is 20.1. The fourth-order valence-electron chi connectivity index (χ4n) is 5.32. The molecule has 9 heteroatoms. The van der Waals surface area contributed by atoms with E-state index in [-0.39, 0.29) is 17.7 Å². The van der Waals surface area contributed by atoms with Crippen molar-refractivity contribution in [1.82, 2.24) is 23.9 Å². The molecule has 0 aliphatic carbocycles. The Balaban J connectivity index is 1.63. The first kappa shape index (κ1) is 19.8. The largest absolute Gasteiger partial charge is 0.342 e. The zero-order valence-electron chi connectivity index (χ0n) is 17.1. The fraction of sp³-hybridized carbons (Fsp3) is 0.789. The molecule has 1 aromatic rings. The van der Waals surface area contributed by atoms with Gasteiger partial charge in [0.2, 0.25) is 15.9 Å². The summed E-state index contributed by atoms with van der Waals surface area (Å²) in [6.45, 7) is 5.70. The van der Waals surface area contributed by atoms with Gasteiger partial charge in [0.15, 0.2) is 0 Å². The van der Waals surface area contributed by atoms with Crippen molar-refractivity contribution < 1.29 is 13.2 Å². The summed E-state index contributed by atoms with van der Waals surface area (Å²) in [6, 6.07) is 1.84. The van der Waals surface area contributed by atoms with Gasteiger partial charge in [-0.1, -0.05) is 0 Å². The van der Waals surface area contributed by atoms with Gasteiger partial charge in [-0.15, -0.1) is 0 Å². The summed E-state index contributed by atoms with van der Waals surface area (Å²) in [5, 5.41) is 4.43. The van der Waals surface area contributed by atoms with Crippen LogP contribution in [0.15, 0.2) is 6.07 Å². The van der Waals surface area contributed by atoms with Crippen LogP contribution in [0.3, 0.4) is 0 Å². The molecule has 3 fully saturated rings. The third kappa shape index (κ3) is 3.27. The first-order chi connectivity index (χ1) is 13.2. The molecule has 8 nitrogen and oxygen atoms in total. The smallest absolute Gasteiger partial charge is 0.231 e. The molecule has 3 aliphatic rings. The average Bonchev–Trinajstić information content (AvgIpc) is 3.28. The number of hydrogen-bond acceptors (Lipinski definition) is 5. The molecule has 0 radical (unpaired) electrons. The molecule has 3 aliphatic heterocycles. The second kappa shape index (κ2) is 7.11. The quantitative estimate of drug-likeness (QED) is 0.730. The number of rotatable bonds is 3. The number of amides is 1. The highest BCUT2D eigenvalue weighted by molar-refractivity contribution is 7.89. The molecule has 0 N–H and O–H groups in total. The summed E-state index contributed by atoms with van der Waals surface area (Å²) >= 11 is 0. The molecule has 28 heavy (non-hydrogen) atoms. The minimum absolute atomic E-state index is 0.0538. The van der Waals surface area contributed by atoms with Crippen molar-refractivity contribution in [2.24, 2.45) is 12.5 Å². The number of hydrogen-bond donors (Lipinski definition) is 0.